The Kier molecular flexibility index (Phi) is 2.12. The first-order valence-corrected chi connectivity index (χ1v) is 4.81. The molecule has 0 aromatic heterocycles. The van der Waals surface area contributed by atoms with Gasteiger partial charge in [0.25, 0.3) is 0 Å². The number of rotatable bonds is 1. The lowest BCUT2D eigenvalue weighted by Crippen LogP contribution is -2.09. The standard InChI is InChI=1S/C13H14N2/c1-8-4-5-11-12(10(3)14)7-9(2)15-13(11)6-8/h4-7,15H,2-3,14H2,1H3. The summed E-state index contributed by atoms with van der Waals surface area (Å²) in [6.07, 6.45) is 1.92. The molecule has 3 N–H and O–H groups in total. The summed E-state index contributed by atoms with van der Waals surface area (Å²) in [5, 5.41) is 3.22. The maximum atomic E-state index is 5.75. The molecule has 0 bridgehead atoms. The zero-order valence-electron chi connectivity index (χ0n) is 8.80. The predicted octanol–water partition coefficient (Wildman–Crippen LogP) is 2.79. The Balaban J connectivity index is 2.61. The first-order valence-electron chi connectivity index (χ1n) is 4.81. The Labute approximate surface area is 89.8 Å². The average molecular weight is 198 g/mol. The average Bonchev–Trinajstić information content (AvgIpc) is 2.15. The smallest absolute Gasteiger partial charge is 0.0467 e. The number of nitrogens with two attached hydrogens (primary N) is 1. The van der Waals surface area contributed by atoms with Gasteiger partial charge in [0.05, 0.1) is 0 Å². The van der Waals surface area contributed by atoms with Gasteiger partial charge < -0.3 is 11.1 Å². The van der Waals surface area contributed by atoms with E-state index in [0.29, 0.717) is 5.70 Å². The van der Waals surface area contributed by atoms with Crippen LogP contribution in [0.4, 0.5) is 5.69 Å². The number of allylic oxidation sites excluding steroid dienone is 2. The van der Waals surface area contributed by atoms with Gasteiger partial charge in [-0.15, -0.1) is 0 Å². The fourth-order valence-corrected chi connectivity index (χ4v) is 1.72. The molecule has 1 heterocycles. The van der Waals surface area contributed by atoms with Gasteiger partial charge in [-0.2, -0.15) is 0 Å². The van der Waals surface area contributed by atoms with E-state index in [4.69, 9.17) is 5.73 Å². The molecule has 76 valence electrons. The van der Waals surface area contributed by atoms with Crippen molar-refractivity contribution in [3.63, 3.8) is 0 Å². The number of hydrogen-bond acceptors (Lipinski definition) is 2. The summed E-state index contributed by atoms with van der Waals surface area (Å²) in [4.78, 5) is 0. The van der Waals surface area contributed by atoms with Crippen LogP contribution in [0.3, 0.4) is 0 Å². The highest BCUT2D eigenvalue weighted by molar-refractivity contribution is 5.90. The molecule has 0 radical (unpaired) electrons. The van der Waals surface area contributed by atoms with Crippen LogP contribution in [0, 0.1) is 6.92 Å². The van der Waals surface area contributed by atoms with Crippen molar-refractivity contribution < 1.29 is 0 Å². The molecular weight excluding hydrogens is 184 g/mol. The Hall–Kier alpha value is -1.96. The molecule has 0 fully saturated rings. The lowest BCUT2D eigenvalue weighted by atomic mass is 9.96. The van der Waals surface area contributed by atoms with E-state index in [-0.39, 0.29) is 0 Å². The third kappa shape index (κ3) is 1.66. The first kappa shape index (κ1) is 9.59. The summed E-state index contributed by atoms with van der Waals surface area (Å²) in [5.41, 5.74) is 11.5. The minimum atomic E-state index is 0.572. The van der Waals surface area contributed by atoms with E-state index in [1.165, 1.54) is 5.56 Å². The number of anilines is 1. The second-order valence-corrected chi connectivity index (χ2v) is 3.78. The van der Waals surface area contributed by atoms with Gasteiger partial charge in [0.15, 0.2) is 0 Å². The molecule has 0 atom stereocenters. The van der Waals surface area contributed by atoms with Crippen LogP contribution >= 0.6 is 0 Å². The molecule has 15 heavy (non-hydrogen) atoms. The van der Waals surface area contributed by atoms with Crippen molar-refractivity contribution in [1.82, 2.24) is 0 Å². The number of aryl methyl sites for hydroxylation is 1. The number of fused-ring (bicyclic) bond motifs is 1. The highest BCUT2D eigenvalue weighted by Crippen LogP contribution is 2.33. The van der Waals surface area contributed by atoms with Crippen LogP contribution in [0.5, 0.6) is 0 Å². The topological polar surface area (TPSA) is 38.0 Å². The largest absolute Gasteiger partial charge is 0.399 e. The van der Waals surface area contributed by atoms with Gasteiger partial charge in [0.1, 0.15) is 0 Å². The normalized spacial score (nSPS) is 13.9. The lowest BCUT2D eigenvalue weighted by Gasteiger charge is -2.21. The van der Waals surface area contributed by atoms with E-state index < -0.39 is 0 Å². The van der Waals surface area contributed by atoms with Crippen molar-refractivity contribution in [2.24, 2.45) is 5.73 Å². The van der Waals surface area contributed by atoms with E-state index in [2.05, 4.69) is 37.5 Å². The maximum Gasteiger partial charge on any atom is 0.0467 e. The third-order valence-electron chi connectivity index (χ3n) is 2.42. The van der Waals surface area contributed by atoms with Crippen LogP contribution in [0.2, 0.25) is 0 Å². The summed E-state index contributed by atoms with van der Waals surface area (Å²) in [6, 6.07) is 6.19. The van der Waals surface area contributed by atoms with Crippen LogP contribution in [0.1, 0.15) is 11.1 Å². The van der Waals surface area contributed by atoms with Crippen LogP contribution < -0.4 is 11.1 Å². The van der Waals surface area contributed by atoms with Crippen LogP contribution in [-0.4, -0.2) is 0 Å². The van der Waals surface area contributed by atoms with E-state index in [0.717, 1.165) is 22.5 Å². The molecule has 1 aliphatic heterocycles. The van der Waals surface area contributed by atoms with E-state index >= 15 is 0 Å². The summed E-state index contributed by atoms with van der Waals surface area (Å²) in [7, 11) is 0. The molecule has 2 rings (SSSR count). The SMILES string of the molecule is C=C1C=C(C(=C)N)c2ccc(C)cc2N1. The molecule has 0 saturated carbocycles. The molecule has 1 aromatic carbocycles. The van der Waals surface area contributed by atoms with Crippen molar-refractivity contribution in [1.29, 1.82) is 0 Å². The van der Waals surface area contributed by atoms with E-state index in [1.807, 2.05) is 12.1 Å². The Bertz CT molecular complexity index is 481. The van der Waals surface area contributed by atoms with Crippen molar-refractivity contribution in [2.75, 3.05) is 5.32 Å². The Morgan fingerprint density at radius 2 is 2.13 bits per heavy atom. The molecule has 0 amide bonds. The second-order valence-electron chi connectivity index (χ2n) is 3.78. The van der Waals surface area contributed by atoms with Gasteiger partial charge in [-0.1, -0.05) is 25.3 Å². The Morgan fingerprint density at radius 1 is 1.40 bits per heavy atom. The highest BCUT2D eigenvalue weighted by atomic mass is 14.9. The Morgan fingerprint density at radius 3 is 2.80 bits per heavy atom. The maximum absolute atomic E-state index is 5.75. The number of nitrogens with one attached hydrogen (secondary N) is 1. The van der Waals surface area contributed by atoms with Crippen molar-refractivity contribution in [2.45, 2.75) is 6.92 Å². The second kappa shape index (κ2) is 3.31. The molecule has 0 spiro atoms. The van der Waals surface area contributed by atoms with Crippen molar-refractivity contribution in [3.8, 4) is 0 Å². The van der Waals surface area contributed by atoms with Crippen LogP contribution in [-0.2, 0) is 0 Å². The molecule has 2 heteroatoms. The first-order chi connectivity index (χ1) is 7.08. The van der Waals surface area contributed by atoms with Crippen LogP contribution in [0.25, 0.3) is 5.57 Å². The van der Waals surface area contributed by atoms with Crippen molar-refractivity contribution in [3.05, 3.63) is 60.0 Å². The monoisotopic (exact) mass is 198 g/mol. The zero-order chi connectivity index (χ0) is 11.0. The van der Waals surface area contributed by atoms with Gasteiger partial charge in [-0.05, 0) is 24.6 Å². The van der Waals surface area contributed by atoms with Gasteiger partial charge >= 0.3 is 0 Å². The minimum absolute atomic E-state index is 0.572. The summed E-state index contributed by atoms with van der Waals surface area (Å²) in [6.45, 7) is 9.72. The van der Waals surface area contributed by atoms with Gasteiger partial charge in [0.2, 0.25) is 0 Å². The highest BCUT2D eigenvalue weighted by Gasteiger charge is 2.14. The molecule has 1 aromatic rings. The summed E-state index contributed by atoms with van der Waals surface area (Å²) >= 11 is 0. The van der Waals surface area contributed by atoms with Gasteiger partial charge in [0, 0.05) is 28.2 Å². The minimum Gasteiger partial charge on any atom is -0.399 e. The molecule has 0 aliphatic carbocycles. The predicted molar refractivity (Wildman–Crippen MR) is 65.2 cm³/mol. The lowest BCUT2D eigenvalue weighted by molar-refractivity contribution is 1.35. The van der Waals surface area contributed by atoms with Gasteiger partial charge in [-0.3, -0.25) is 0 Å². The number of benzene rings is 1. The van der Waals surface area contributed by atoms with Crippen LogP contribution in [0.15, 0.2) is 48.8 Å². The fraction of sp³-hybridized carbons (Fsp3) is 0.0769. The summed E-state index contributed by atoms with van der Waals surface area (Å²) in [5.74, 6) is 0. The summed E-state index contributed by atoms with van der Waals surface area (Å²) < 4.78 is 0. The quantitative estimate of drug-likeness (QED) is 0.728. The number of hydrogen-bond donors (Lipinski definition) is 2. The van der Waals surface area contributed by atoms with E-state index in [1.54, 1.807) is 0 Å². The molecule has 1 aliphatic rings. The van der Waals surface area contributed by atoms with Crippen molar-refractivity contribution >= 4 is 11.3 Å². The molecule has 0 saturated heterocycles. The molecule has 0 unspecified atom stereocenters. The third-order valence-corrected chi connectivity index (χ3v) is 2.42. The molecule has 2 nitrogen and oxygen atoms in total. The molecular formula is C13H14N2. The zero-order valence-corrected chi connectivity index (χ0v) is 8.80. The fourth-order valence-electron chi connectivity index (χ4n) is 1.72. The van der Waals surface area contributed by atoms with E-state index in [9.17, 15) is 0 Å². The van der Waals surface area contributed by atoms with Gasteiger partial charge in [-0.25, -0.2) is 0 Å².